The highest BCUT2D eigenvalue weighted by Crippen LogP contribution is 2.54. The molecule has 0 radical (unpaired) electrons. The Hall–Kier alpha value is -3.67. The smallest absolute Gasteiger partial charge is 0.316 e. The summed E-state index contributed by atoms with van der Waals surface area (Å²) in [6.07, 6.45) is -6.80. The number of ether oxygens (including phenoxy) is 5. The zero-order valence-corrected chi connectivity index (χ0v) is 29.2. The molecule has 2 aliphatic carbocycles. The van der Waals surface area contributed by atoms with Gasteiger partial charge in [-0.15, -0.1) is 0 Å². The van der Waals surface area contributed by atoms with Crippen LogP contribution in [0.25, 0.3) is 0 Å². The van der Waals surface area contributed by atoms with Crippen LogP contribution in [0.4, 0.5) is 0 Å². The van der Waals surface area contributed by atoms with Gasteiger partial charge in [-0.25, -0.2) is 0 Å². The summed E-state index contributed by atoms with van der Waals surface area (Å²) < 4.78 is 30.0. The second-order valence-corrected chi connectivity index (χ2v) is 14.1. The molecule has 278 valence electrons. The van der Waals surface area contributed by atoms with E-state index in [1.165, 1.54) is 6.07 Å². The number of aliphatic hydroxyl groups is 3. The number of hydrogen-bond donors (Lipinski definition) is 6. The summed E-state index contributed by atoms with van der Waals surface area (Å²) in [5, 5.41) is 65.4. The minimum atomic E-state index is -1.79. The Balaban J connectivity index is 1.39. The molecule has 4 aliphatic rings. The molecule has 15 nitrogen and oxygen atoms in total. The molecule has 0 saturated carbocycles. The highest BCUT2D eigenvalue weighted by atomic mass is 16.7. The second-order valence-electron chi connectivity index (χ2n) is 14.1. The summed E-state index contributed by atoms with van der Waals surface area (Å²) in [5.41, 5.74) is -3.53. The van der Waals surface area contributed by atoms with Crippen molar-refractivity contribution >= 4 is 17.5 Å². The van der Waals surface area contributed by atoms with E-state index in [2.05, 4.69) is 0 Å². The van der Waals surface area contributed by atoms with E-state index in [4.69, 9.17) is 23.7 Å². The third-order valence-corrected chi connectivity index (χ3v) is 10.8. The van der Waals surface area contributed by atoms with Gasteiger partial charge in [0, 0.05) is 36.4 Å². The van der Waals surface area contributed by atoms with E-state index >= 15 is 0 Å². The Morgan fingerprint density at radius 3 is 2.14 bits per heavy atom. The molecule has 7 unspecified atom stereocenters. The lowest BCUT2D eigenvalue weighted by Crippen LogP contribution is -2.57. The van der Waals surface area contributed by atoms with Crippen LogP contribution < -0.4 is 0 Å². The number of carbonyl (C=O) groups excluding carboxylic acids is 3. The average Bonchev–Trinajstić information content (AvgIpc) is 3.07. The Morgan fingerprint density at radius 1 is 0.941 bits per heavy atom. The van der Waals surface area contributed by atoms with Crippen LogP contribution in [0, 0.1) is 0 Å². The van der Waals surface area contributed by atoms with Crippen molar-refractivity contribution < 1.29 is 68.7 Å². The zero-order valence-electron chi connectivity index (χ0n) is 29.2. The SMILES string of the molecule is CC[C@@]1(O)C[C@H](OC2CC(N(C)C)[C@H](OC3CC(O)C(O)C(C)O3)C(C)O2)c2c(cc3c(c2O)C(=O)c2c(O)ccc(O)c2C3=O)[C@@H]1C(=O)OC. The lowest BCUT2D eigenvalue weighted by molar-refractivity contribution is -0.310. The van der Waals surface area contributed by atoms with Crippen LogP contribution in [0.15, 0.2) is 18.2 Å². The molecule has 2 aromatic carbocycles. The number of phenolic OH excluding ortho intramolecular Hbond substituents is 3. The molecule has 2 saturated heterocycles. The third-order valence-electron chi connectivity index (χ3n) is 10.8. The number of benzene rings is 2. The van der Waals surface area contributed by atoms with Crippen molar-refractivity contribution in [2.45, 2.75) is 113 Å². The van der Waals surface area contributed by atoms with Crippen molar-refractivity contribution in [3.05, 3.63) is 51.6 Å². The molecular weight excluding hydrogens is 670 g/mol. The molecule has 2 fully saturated rings. The van der Waals surface area contributed by atoms with Crippen molar-refractivity contribution in [1.82, 2.24) is 4.90 Å². The van der Waals surface area contributed by atoms with Crippen LogP contribution in [0.3, 0.4) is 0 Å². The highest BCUT2D eigenvalue weighted by Gasteiger charge is 2.53. The van der Waals surface area contributed by atoms with Gasteiger partial charge in [0.2, 0.25) is 5.78 Å². The molecule has 51 heavy (non-hydrogen) atoms. The van der Waals surface area contributed by atoms with E-state index < -0.39 is 112 Å². The number of likely N-dealkylation sites (N-methyl/N-ethyl adjacent to an activating group) is 1. The van der Waals surface area contributed by atoms with Gasteiger partial charge in [0.1, 0.15) is 35.4 Å². The standard InChI is InChI=1S/C36H45NO14/c1-7-36(46)13-22(50-23-11-18(37(4)5)34(15(3)49-23)51-24-12-21(40)30(41)14(2)48-24)25-16(29(36)35(45)47-6)10-17-26(32(25)43)33(44)28-20(39)9-8-19(38)27(28)31(17)42/h8-10,14-15,18,21-24,29-30,34,38-41,43,46H,7,11-13H2,1-6H3/t14?,15?,18?,21?,22-,23?,24?,29+,30?,34+,36+/m0/s1. The third kappa shape index (κ3) is 6.18. The summed E-state index contributed by atoms with van der Waals surface area (Å²) in [6.45, 7) is 5.08. The van der Waals surface area contributed by atoms with Crippen molar-refractivity contribution in [2.75, 3.05) is 21.2 Å². The van der Waals surface area contributed by atoms with Gasteiger partial charge in [0.25, 0.3) is 0 Å². The van der Waals surface area contributed by atoms with E-state index in [1.54, 1.807) is 20.8 Å². The summed E-state index contributed by atoms with van der Waals surface area (Å²) in [7, 11) is 4.83. The van der Waals surface area contributed by atoms with Crippen LogP contribution in [0.2, 0.25) is 0 Å². The Labute approximate surface area is 294 Å². The van der Waals surface area contributed by atoms with Crippen molar-refractivity contribution in [3.63, 3.8) is 0 Å². The largest absolute Gasteiger partial charge is 0.507 e. The van der Waals surface area contributed by atoms with Gasteiger partial charge in [-0.3, -0.25) is 14.4 Å². The number of ketones is 2. The van der Waals surface area contributed by atoms with Crippen LogP contribution in [-0.4, -0.2) is 129 Å². The number of phenols is 3. The summed E-state index contributed by atoms with van der Waals surface area (Å²) >= 11 is 0. The van der Waals surface area contributed by atoms with E-state index in [1.807, 2.05) is 19.0 Å². The lowest BCUT2D eigenvalue weighted by Gasteiger charge is -2.48. The fourth-order valence-corrected chi connectivity index (χ4v) is 8.03. The first kappa shape index (κ1) is 37.1. The Bertz CT molecular complexity index is 1720. The van der Waals surface area contributed by atoms with Crippen LogP contribution in [-0.2, 0) is 28.5 Å². The molecule has 2 heterocycles. The number of hydrogen-bond acceptors (Lipinski definition) is 15. The monoisotopic (exact) mass is 715 g/mol. The molecule has 6 rings (SSSR count). The number of methoxy groups -OCH3 is 1. The Morgan fingerprint density at radius 2 is 1.55 bits per heavy atom. The maximum Gasteiger partial charge on any atom is 0.316 e. The topological polar surface area (TPSA) is 222 Å². The van der Waals surface area contributed by atoms with E-state index in [0.717, 1.165) is 19.2 Å². The van der Waals surface area contributed by atoms with E-state index in [-0.39, 0.29) is 48.4 Å². The van der Waals surface area contributed by atoms with Crippen LogP contribution in [0.1, 0.15) is 101 Å². The molecule has 0 aromatic heterocycles. The van der Waals surface area contributed by atoms with Gasteiger partial charge in [0.15, 0.2) is 18.4 Å². The molecule has 2 aromatic rings. The number of nitrogens with zero attached hydrogens (tertiary/aromatic N) is 1. The van der Waals surface area contributed by atoms with Gasteiger partial charge < -0.3 is 59.2 Å². The Kier molecular flexibility index (Phi) is 9.97. The molecule has 15 heteroatoms. The molecule has 2 aliphatic heterocycles. The predicted molar refractivity (Wildman–Crippen MR) is 175 cm³/mol. The molecule has 6 N–H and O–H groups in total. The van der Waals surface area contributed by atoms with Crippen molar-refractivity contribution in [2.24, 2.45) is 0 Å². The number of fused-ring (bicyclic) bond motifs is 3. The van der Waals surface area contributed by atoms with E-state index in [0.29, 0.717) is 0 Å². The first-order chi connectivity index (χ1) is 24.0. The molecule has 11 atom stereocenters. The molecule has 0 amide bonds. The highest BCUT2D eigenvalue weighted by molar-refractivity contribution is 6.31. The van der Waals surface area contributed by atoms with Gasteiger partial charge in [0.05, 0.1) is 53.8 Å². The quantitative estimate of drug-likeness (QED) is 0.152. The van der Waals surface area contributed by atoms with Crippen LogP contribution in [0.5, 0.6) is 17.2 Å². The molecule has 0 spiro atoms. The number of aromatic hydroxyl groups is 3. The molecular formula is C36H45NO14. The summed E-state index contributed by atoms with van der Waals surface area (Å²) in [5.74, 6) is -5.85. The first-order valence-corrected chi connectivity index (χ1v) is 17.0. The minimum Gasteiger partial charge on any atom is -0.507 e. The maximum atomic E-state index is 13.9. The average molecular weight is 716 g/mol. The number of rotatable bonds is 7. The van der Waals surface area contributed by atoms with Crippen LogP contribution >= 0.6 is 0 Å². The number of aliphatic hydroxyl groups excluding tert-OH is 2. The predicted octanol–water partition coefficient (Wildman–Crippen LogP) is 1.74. The van der Waals surface area contributed by atoms with Gasteiger partial charge in [-0.05, 0) is 58.1 Å². The summed E-state index contributed by atoms with van der Waals surface area (Å²) in [4.78, 5) is 42.9. The van der Waals surface area contributed by atoms with Gasteiger partial charge >= 0.3 is 5.97 Å². The summed E-state index contributed by atoms with van der Waals surface area (Å²) in [6, 6.07) is 3.04. The van der Waals surface area contributed by atoms with Crippen molar-refractivity contribution in [3.8, 4) is 17.2 Å². The van der Waals surface area contributed by atoms with E-state index in [9.17, 15) is 45.0 Å². The first-order valence-electron chi connectivity index (χ1n) is 17.0. The molecule has 0 bridgehead atoms. The number of carbonyl (C=O) groups is 3. The zero-order chi connectivity index (χ0) is 37.3. The maximum absolute atomic E-state index is 13.9. The second kappa shape index (κ2) is 13.7. The van der Waals surface area contributed by atoms with Gasteiger partial charge in [-0.1, -0.05) is 6.92 Å². The van der Waals surface area contributed by atoms with Gasteiger partial charge in [-0.2, -0.15) is 0 Å². The van der Waals surface area contributed by atoms with Crippen molar-refractivity contribution in [1.29, 1.82) is 0 Å². The fraction of sp³-hybridized carbons (Fsp3) is 0.583. The lowest BCUT2D eigenvalue weighted by atomic mass is 9.67. The number of esters is 1. The minimum absolute atomic E-state index is 0.00137. The normalized spacial score (nSPS) is 34.9. The fourth-order valence-electron chi connectivity index (χ4n) is 8.03.